The Bertz CT molecular complexity index is 346. The average molecular weight is 202 g/mol. The molecule has 1 N–H and O–H groups in total. The molecule has 1 nitrogen and oxygen atoms in total. The summed E-state index contributed by atoms with van der Waals surface area (Å²) in [7, 11) is 0. The highest BCUT2D eigenvalue weighted by molar-refractivity contribution is 5.25. The van der Waals surface area contributed by atoms with Gasteiger partial charge >= 0.3 is 0 Å². The highest BCUT2D eigenvalue weighted by atomic mass is 16.3. The molecule has 2 saturated carbocycles. The first-order chi connectivity index (χ1) is 7.31. The van der Waals surface area contributed by atoms with E-state index in [0.29, 0.717) is 5.92 Å². The largest absolute Gasteiger partial charge is 0.385 e. The highest BCUT2D eigenvalue weighted by Gasteiger charge is 2.49. The Morgan fingerprint density at radius 3 is 2.67 bits per heavy atom. The van der Waals surface area contributed by atoms with Gasteiger partial charge in [0, 0.05) is 0 Å². The fourth-order valence-electron chi connectivity index (χ4n) is 3.69. The van der Waals surface area contributed by atoms with Gasteiger partial charge in [-0.25, -0.2) is 0 Å². The van der Waals surface area contributed by atoms with E-state index in [1.54, 1.807) is 0 Å². The quantitative estimate of drug-likeness (QED) is 0.742. The predicted molar refractivity (Wildman–Crippen MR) is 60.4 cm³/mol. The van der Waals surface area contributed by atoms with Crippen molar-refractivity contribution in [2.45, 2.75) is 37.7 Å². The second-order valence-corrected chi connectivity index (χ2v) is 5.13. The van der Waals surface area contributed by atoms with Crippen molar-refractivity contribution in [3.05, 3.63) is 35.9 Å². The van der Waals surface area contributed by atoms with Gasteiger partial charge in [-0.15, -0.1) is 0 Å². The summed E-state index contributed by atoms with van der Waals surface area (Å²) < 4.78 is 0. The van der Waals surface area contributed by atoms with Gasteiger partial charge in [0.15, 0.2) is 0 Å². The normalized spacial score (nSPS) is 39.3. The molecular formula is C14H18O. The van der Waals surface area contributed by atoms with Crippen LogP contribution in [-0.4, -0.2) is 5.11 Å². The first-order valence-corrected chi connectivity index (χ1v) is 6.08. The molecule has 0 aliphatic heterocycles. The molecule has 1 aromatic carbocycles. The molecular weight excluding hydrogens is 184 g/mol. The molecule has 1 heteroatoms. The average Bonchev–Trinajstić information content (AvgIpc) is 2.85. The third-order valence-electron chi connectivity index (χ3n) is 4.44. The van der Waals surface area contributed by atoms with Crippen molar-refractivity contribution in [2.24, 2.45) is 11.8 Å². The highest BCUT2D eigenvalue weighted by Crippen LogP contribution is 2.54. The van der Waals surface area contributed by atoms with E-state index in [4.69, 9.17) is 0 Å². The van der Waals surface area contributed by atoms with Gasteiger partial charge in [0.2, 0.25) is 0 Å². The van der Waals surface area contributed by atoms with Gasteiger partial charge in [0.05, 0.1) is 5.60 Å². The molecule has 0 heterocycles. The molecule has 0 saturated heterocycles. The van der Waals surface area contributed by atoms with E-state index in [1.807, 2.05) is 18.2 Å². The lowest BCUT2D eigenvalue weighted by Gasteiger charge is -2.30. The van der Waals surface area contributed by atoms with Crippen molar-refractivity contribution < 1.29 is 5.11 Å². The molecule has 0 unspecified atom stereocenters. The smallest absolute Gasteiger partial charge is 0.0927 e. The Labute approximate surface area is 91.1 Å². The summed E-state index contributed by atoms with van der Waals surface area (Å²) in [6, 6.07) is 10.3. The Morgan fingerprint density at radius 2 is 1.87 bits per heavy atom. The van der Waals surface area contributed by atoms with E-state index < -0.39 is 5.60 Å². The summed E-state index contributed by atoms with van der Waals surface area (Å²) in [4.78, 5) is 0. The summed E-state index contributed by atoms with van der Waals surface area (Å²) in [6.45, 7) is 0. The van der Waals surface area contributed by atoms with E-state index in [-0.39, 0.29) is 0 Å². The summed E-state index contributed by atoms with van der Waals surface area (Å²) in [5, 5.41) is 10.8. The van der Waals surface area contributed by atoms with Gasteiger partial charge in [-0.1, -0.05) is 43.2 Å². The van der Waals surface area contributed by atoms with E-state index in [0.717, 1.165) is 17.9 Å². The minimum atomic E-state index is -0.511. The molecule has 3 atom stereocenters. The van der Waals surface area contributed by atoms with Crippen LogP contribution in [0.5, 0.6) is 0 Å². The summed E-state index contributed by atoms with van der Waals surface area (Å²) in [5.74, 6) is 1.31. The zero-order chi connectivity index (χ0) is 10.3. The molecule has 2 aliphatic carbocycles. The van der Waals surface area contributed by atoms with E-state index in [1.165, 1.54) is 25.7 Å². The second kappa shape index (κ2) is 3.34. The van der Waals surface area contributed by atoms with Crippen molar-refractivity contribution in [1.29, 1.82) is 0 Å². The lowest BCUT2D eigenvalue weighted by atomic mass is 9.82. The van der Waals surface area contributed by atoms with E-state index in [2.05, 4.69) is 12.1 Å². The van der Waals surface area contributed by atoms with Crippen LogP contribution < -0.4 is 0 Å². The first-order valence-electron chi connectivity index (χ1n) is 6.08. The zero-order valence-corrected chi connectivity index (χ0v) is 9.02. The molecule has 0 amide bonds. The minimum Gasteiger partial charge on any atom is -0.385 e. The maximum Gasteiger partial charge on any atom is 0.0927 e. The Balaban J connectivity index is 1.97. The number of fused-ring (bicyclic) bond motifs is 1. The first kappa shape index (κ1) is 9.41. The zero-order valence-electron chi connectivity index (χ0n) is 9.02. The molecule has 15 heavy (non-hydrogen) atoms. The van der Waals surface area contributed by atoms with Crippen LogP contribution >= 0.6 is 0 Å². The van der Waals surface area contributed by atoms with Crippen LogP contribution in [0.25, 0.3) is 0 Å². The molecule has 0 aromatic heterocycles. The molecule has 80 valence electrons. The van der Waals surface area contributed by atoms with E-state index in [9.17, 15) is 5.11 Å². The van der Waals surface area contributed by atoms with Gasteiger partial charge in [-0.3, -0.25) is 0 Å². The number of aliphatic hydroxyl groups is 1. The lowest BCUT2D eigenvalue weighted by molar-refractivity contribution is -0.00700. The van der Waals surface area contributed by atoms with Crippen LogP contribution in [0.15, 0.2) is 30.3 Å². The maximum atomic E-state index is 10.8. The lowest BCUT2D eigenvalue weighted by Crippen LogP contribution is -2.30. The summed E-state index contributed by atoms with van der Waals surface area (Å²) in [6.07, 6.45) is 6.04. The molecule has 2 fully saturated rings. The summed E-state index contributed by atoms with van der Waals surface area (Å²) in [5.41, 5.74) is 0.627. The monoisotopic (exact) mass is 202 g/mol. The van der Waals surface area contributed by atoms with Gasteiger partial charge in [-0.05, 0) is 36.7 Å². The molecule has 1 aromatic rings. The van der Waals surface area contributed by atoms with Crippen LogP contribution in [0.1, 0.15) is 37.7 Å². The van der Waals surface area contributed by atoms with Crippen molar-refractivity contribution in [2.75, 3.05) is 0 Å². The topological polar surface area (TPSA) is 20.2 Å². The Hall–Kier alpha value is -0.820. The van der Waals surface area contributed by atoms with Crippen LogP contribution in [0.2, 0.25) is 0 Å². The second-order valence-electron chi connectivity index (χ2n) is 5.13. The standard InChI is InChI=1S/C14H18O/c15-14(12-6-2-1-3-7-12)10-9-11-5-4-8-13(11)14/h1-3,6-7,11,13,15H,4-5,8-10H2/t11-,13-,14+/m0/s1. The molecule has 0 spiro atoms. The molecule has 2 aliphatic rings. The Kier molecular flexibility index (Phi) is 2.10. The molecule has 0 radical (unpaired) electrons. The predicted octanol–water partition coefficient (Wildman–Crippen LogP) is 3.08. The van der Waals surface area contributed by atoms with Crippen molar-refractivity contribution >= 4 is 0 Å². The van der Waals surface area contributed by atoms with Gasteiger partial charge in [0.25, 0.3) is 0 Å². The summed E-state index contributed by atoms with van der Waals surface area (Å²) >= 11 is 0. The van der Waals surface area contributed by atoms with Crippen molar-refractivity contribution in [3.8, 4) is 0 Å². The van der Waals surface area contributed by atoms with Crippen LogP contribution in [0.4, 0.5) is 0 Å². The minimum absolute atomic E-state index is 0.511. The SMILES string of the molecule is O[C@@]1(c2ccccc2)CC[C@@H]2CCC[C@@H]21. The third kappa shape index (κ3) is 1.33. The Morgan fingerprint density at radius 1 is 1.07 bits per heavy atom. The van der Waals surface area contributed by atoms with Crippen LogP contribution in [0, 0.1) is 11.8 Å². The number of hydrogen-bond donors (Lipinski definition) is 1. The van der Waals surface area contributed by atoms with Gasteiger partial charge in [-0.2, -0.15) is 0 Å². The number of hydrogen-bond acceptors (Lipinski definition) is 1. The van der Waals surface area contributed by atoms with Crippen molar-refractivity contribution in [1.82, 2.24) is 0 Å². The van der Waals surface area contributed by atoms with Gasteiger partial charge in [0.1, 0.15) is 0 Å². The fraction of sp³-hybridized carbons (Fsp3) is 0.571. The molecule has 0 bridgehead atoms. The number of rotatable bonds is 1. The fourth-order valence-corrected chi connectivity index (χ4v) is 3.69. The van der Waals surface area contributed by atoms with Crippen LogP contribution in [0.3, 0.4) is 0 Å². The van der Waals surface area contributed by atoms with Crippen LogP contribution in [-0.2, 0) is 5.60 Å². The van der Waals surface area contributed by atoms with E-state index >= 15 is 0 Å². The third-order valence-corrected chi connectivity index (χ3v) is 4.44. The molecule has 3 rings (SSSR count). The van der Waals surface area contributed by atoms with Gasteiger partial charge < -0.3 is 5.11 Å². The number of benzene rings is 1. The van der Waals surface area contributed by atoms with Crippen molar-refractivity contribution in [3.63, 3.8) is 0 Å². The maximum absolute atomic E-state index is 10.8.